The molecule has 5 heteroatoms. The highest BCUT2D eigenvalue weighted by molar-refractivity contribution is 5.25. The second kappa shape index (κ2) is 6.82. The van der Waals surface area contributed by atoms with Gasteiger partial charge in [0.25, 0.3) is 0 Å². The van der Waals surface area contributed by atoms with E-state index in [1.54, 1.807) is 18.2 Å². The minimum atomic E-state index is -1.37. The largest absolute Gasteiger partial charge is 0.394 e. The fraction of sp³-hybridized carbons (Fsp3) is 0.538. The first-order valence-corrected chi connectivity index (χ1v) is 5.81. The van der Waals surface area contributed by atoms with Crippen LogP contribution in [-0.4, -0.2) is 57.6 Å². The Labute approximate surface area is 106 Å². The monoisotopic (exact) mass is 256 g/mol. The molecule has 0 spiro atoms. The van der Waals surface area contributed by atoms with Gasteiger partial charge in [-0.05, 0) is 12.5 Å². The van der Waals surface area contributed by atoms with E-state index in [9.17, 15) is 15.3 Å². The number of ether oxygens (including phenoxy) is 1. The van der Waals surface area contributed by atoms with Gasteiger partial charge in [-0.1, -0.05) is 30.9 Å². The highest BCUT2D eigenvalue weighted by atomic mass is 16.5. The Bertz CT molecular complexity index is 334. The molecule has 0 aromatic heterocycles. The molecule has 0 aromatic carbocycles. The predicted molar refractivity (Wildman–Crippen MR) is 66.9 cm³/mol. The van der Waals surface area contributed by atoms with Crippen molar-refractivity contribution in [3.8, 4) is 0 Å². The number of aliphatic hydroxyl groups excluding tert-OH is 4. The molecular weight excluding hydrogens is 236 g/mol. The Kier molecular flexibility index (Phi) is 5.71. The molecule has 0 bridgehead atoms. The van der Waals surface area contributed by atoms with Crippen molar-refractivity contribution >= 4 is 0 Å². The first-order chi connectivity index (χ1) is 8.52. The molecule has 0 amide bonds. The van der Waals surface area contributed by atoms with Crippen molar-refractivity contribution in [1.82, 2.24) is 0 Å². The molecule has 1 aliphatic heterocycles. The molecule has 1 fully saturated rings. The van der Waals surface area contributed by atoms with Crippen LogP contribution in [0.3, 0.4) is 0 Å². The molecule has 5 unspecified atom stereocenters. The summed E-state index contributed by atoms with van der Waals surface area (Å²) in [4.78, 5) is 0. The Hall–Kier alpha value is -0.980. The first-order valence-electron chi connectivity index (χ1n) is 5.81. The molecule has 1 heterocycles. The third kappa shape index (κ3) is 3.28. The highest BCUT2D eigenvalue weighted by Gasteiger charge is 2.43. The molecule has 1 saturated heterocycles. The zero-order chi connectivity index (χ0) is 13.7. The van der Waals surface area contributed by atoms with Crippen LogP contribution in [0, 0.1) is 0 Å². The van der Waals surface area contributed by atoms with E-state index in [1.165, 1.54) is 0 Å². The summed E-state index contributed by atoms with van der Waals surface area (Å²) in [7, 11) is 0. The van der Waals surface area contributed by atoms with Gasteiger partial charge in [0, 0.05) is 0 Å². The average molecular weight is 256 g/mol. The predicted octanol–water partition coefficient (Wildman–Crippen LogP) is -0.483. The first kappa shape index (κ1) is 15.1. The quantitative estimate of drug-likeness (QED) is 0.510. The lowest BCUT2D eigenvalue weighted by atomic mass is 9.91. The number of aliphatic hydroxyl groups is 4. The summed E-state index contributed by atoms with van der Waals surface area (Å²) in [5.74, 6) is 0. The van der Waals surface area contributed by atoms with Crippen LogP contribution in [0.4, 0.5) is 0 Å². The third-order valence-corrected chi connectivity index (χ3v) is 2.87. The topological polar surface area (TPSA) is 90.2 Å². The van der Waals surface area contributed by atoms with E-state index in [0.29, 0.717) is 5.57 Å². The standard InChI is InChI=1S/C13H20O5/c1-3-4-5-6-8(2)13-12(17)11(16)10(15)9(7-14)18-13/h3-6,9-17H,2,7H2,1H3. The van der Waals surface area contributed by atoms with Crippen LogP contribution < -0.4 is 0 Å². The summed E-state index contributed by atoms with van der Waals surface area (Å²) in [6.45, 7) is 5.17. The fourth-order valence-electron chi connectivity index (χ4n) is 1.79. The Morgan fingerprint density at radius 1 is 1.17 bits per heavy atom. The number of hydrogen-bond acceptors (Lipinski definition) is 5. The van der Waals surface area contributed by atoms with E-state index in [4.69, 9.17) is 9.84 Å². The van der Waals surface area contributed by atoms with E-state index in [-0.39, 0.29) is 0 Å². The zero-order valence-electron chi connectivity index (χ0n) is 10.3. The lowest BCUT2D eigenvalue weighted by molar-refractivity contribution is -0.218. The van der Waals surface area contributed by atoms with E-state index in [2.05, 4.69) is 6.58 Å². The van der Waals surface area contributed by atoms with Gasteiger partial charge >= 0.3 is 0 Å². The molecule has 4 N–H and O–H groups in total. The molecule has 102 valence electrons. The van der Waals surface area contributed by atoms with Gasteiger partial charge in [0.05, 0.1) is 6.61 Å². The van der Waals surface area contributed by atoms with E-state index in [0.717, 1.165) is 0 Å². The molecule has 5 nitrogen and oxygen atoms in total. The number of rotatable bonds is 4. The minimum Gasteiger partial charge on any atom is -0.394 e. The zero-order valence-corrected chi connectivity index (χ0v) is 10.3. The smallest absolute Gasteiger partial charge is 0.113 e. The van der Waals surface area contributed by atoms with Crippen LogP contribution in [0.2, 0.25) is 0 Å². The molecule has 0 saturated carbocycles. The van der Waals surface area contributed by atoms with Gasteiger partial charge in [0.15, 0.2) is 0 Å². The summed E-state index contributed by atoms with van der Waals surface area (Å²) in [5, 5.41) is 38.1. The van der Waals surface area contributed by atoms with Gasteiger partial charge in [-0.2, -0.15) is 0 Å². The van der Waals surface area contributed by atoms with Crippen molar-refractivity contribution < 1.29 is 25.2 Å². The van der Waals surface area contributed by atoms with Gasteiger partial charge in [-0.15, -0.1) is 0 Å². The molecule has 5 atom stereocenters. The van der Waals surface area contributed by atoms with E-state index >= 15 is 0 Å². The normalized spacial score (nSPS) is 37.5. The third-order valence-electron chi connectivity index (χ3n) is 2.87. The summed E-state index contributed by atoms with van der Waals surface area (Å²) < 4.78 is 5.34. The van der Waals surface area contributed by atoms with Crippen molar-refractivity contribution in [2.75, 3.05) is 6.61 Å². The molecule has 0 aliphatic carbocycles. The highest BCUT2D eigenvalue weighted by Crippen LogP contribution is 2.25. The summed E-state index contributed by atoms with van der Waals surface area (Å²) in [6.07, 6.45) is 1.26. The van der Waals surface area contributed by atoms with Crippen LogP contribution in [-0.2, 0) is 4.74 Å². The van der Waals surface area contributed by atoms with Crippen molar-refractivity contribution in [3.63, 3.8) is 0 Å². The summed E-state index contributed by atoms with van der Waals surface area (Å²) in [5.41, 5.74) is 0.463. The summed E-state index contributed by atoms with van der Waals surface area (Å²) in [6, 6.07) is 0. The van der Waals surface area contributed by atoms with Crippen LogP contribution in [0.15, 0.2) is 36.5 Å². The van der Waals surface area contributed by atoms with Crippen LogP contribution in [0.5, 0.6) is 0 Å². The SMILES string of the molecule is C=C(C=CC=CC)C1OC(CO)C(O)C(O)C1O. The molecule has 18 heavy (non-hydrogen) atoms. The maximum Gasteiger partial charge on any atom is 0.113 e. The maximum absolute atomic E-state index is 9.82. The van der Waals surface area contributed by atoms with Crippen LogP contribution >= 0.6 is 0 Å². The number of hydrogen-bond donors (Lipinski definition) is 4. The Morgan fingerprint density at radius 3 is 2.39 bits per heavy atom. The Balaban J connectivity index is 2.78. The lowest BCUT2D eigenvalue weighted by Gasteiger charge is -2.40. The van der Waals surface area contributed by atoms with Gasteiger partial charge < -0.3 is 25.2 Å². The van der Waals surface area contributed by atoms with Crippen molar-refractivity contribution in [3.05, 3.63) is 36.5 Å². The van der Waals surface area contributed by atoms with Gasteiger partial charge in [0.1, 0.15) is 30.5 Å². The average Bonchev–Trinajstić information content (AvgIpc) is 2.36. The molecule has 1 rings (SSSR count). The van der Waals surface area contributed by atoms with Gasteiger partial charge in [0.2, 0.25) is 0 Å². The second-order valence-electron chi connectivity index (χ2n) is 4.21. The molecular formula is C13H20O5. The maximum atomic E-state index is 9.82. The minimum absolute atomic E-state index is 0.437. The number of allylic oxidation sites excluding steroid dienone is 3. The fourth-order valence-corrected chi connectivity index (χ4v) is 1.79. The summed E-state index contributed by atoms with van der Waals surface area (Å²) >= 11 is 0. The van der Waals surface area contributed by atoms with Gasteiger partial charge in [-0.25, -0.2) is 0 Å². The van der Waals surface area contributed by atoms with E-state index in [1.807, 2.05) is 13.0 Å². The van der Waals surface area contributed by atoms with Crippen LogP contribution in [0.1, 0.15) is 6.92 Å². The van der Waals surface area contributed by atoms with Gasteiger partial charge in [-0.3, -0.25) is 0 Å². The van der Waals surface area contributed by atoms with E-state index < -0.39 is 37.1 Å². The van der Waals surface area contributed by atoms with Crippen LogP contribution in [0.25, 0.3) is 0 Å². The lowest BCUT2D eigenvalue weighted by Crippen LogP contribution is -2.58. The van der Waals surface area contributed by atoms with Crippen molar-refractivity contribution in [2.24, 2.45) is 0 Å². The molecule has 1 aliphatic rings. The van der Waals surface area contributed by atoms with Crippen molar-refractivity contribution in [2.45, 2.75) is 37.4 Å². The molecule has 0 radical (unpaired) electrons. The van der Waals surface area contributed by atoms with Crippen molar-refractivity contribution in [1.29, 1.82) is 0 Å². The Morgan fingerprint density at radius 2 is 1.83 bits per heavy atom. The molecule has 0 aromatic rings. The second-order valence-corrected chi connectivity index (χ2v) is 4.21.